The molecule has 2 atom stereocenters. The van der Waals surface area contributed by atoms with Gasteiger partial charge >= 0.3 is 0 Å². The Labute approximate surface area is 154 Å². The van der Waals surface area contributed by atoms with E-state index in [1.807, 2.05) is 25.1 Å². The molecular weight excluding hydrogens is 328 g/mol. The zero-order valence-corrected chi connectivity index (χ0v) is 15.3. The van der Waals surface area contributed by atoms with Crippen LogP contribution < -0.4 is 4.90 Å². The van der Waals surface area contributed by atoms with E-state index in [1.165, 1.54) is 6.42 Å². The summed E-state index contributed by atoms with van der Waals surface area (Å²) in [5.74, 6) is 1.37. The highest BCUT2D eigenvalue weighted by atomic mass is 16.5. The van der Waals surface area contributed by atoms with Crippen molar-refractivity contribution in [1.82, 2.24) is 15.2 Å². The molecule has 138 valence electrons. The molecule has 1 aliphatic carbocycles. The van der Waals surface area contributed by atoms with E-state index in [9.17, 15) is 0 Å². The highest BCUT2D eigenvalue weighted by molar-refractivity contribution is 5.39. The molecule has 6 heteroatoms. The molecule has 4 rings (SSSR count). The number of hydrogen-bond donors (Lipinski definition) is 0. The van der Waals surface area contributed by atoms with Gasteiger partial charge in [-0.05, 0) is 49.6 Å². The minimum absolute atomic E-state index is 0.122. The molecule has 0 aromatic carbocycles. The molecule has 2 aromatic heterocycles. The number of rotatable bonds is 5. The third-order valence-electron chi connectivity index (χ3n) is 5.55. The van der Waals surface area contributed by atoms with E-state index < -0.39 is 0 Å². The lowest BCUT2D eigenvalue weighted by Gasteiger charge is -2.44. The average molecular weight is 354 g/mol. The van der Waals surface area contributed by atoms with Crippen LogP contribution in [0.1, 0.15) is 30.5 Å². The molecule has 2 aliphatic rings. The average Bonchev–Trinajstić information content (AvgIpc) is 3.05. The fourth-order valence-corrected chi connectivity index (χ4v) is 4.11. The molecule has 1 spiro atoms. The maximum Gasteiger partial charge on any atom is 0.151 e. The first-order valence-corrected chi connectivity index (χ1v) is 9.41. The first-order valence-electron chi connectivity index (χ1n) is 9.41. The molecule has 1 aliphatic heterocycles. The summed E-state index contributed by atoms with van der Waals surface area (Å²) in [6.45, 7) is 5.79. The van der Waals surface area contributed by atoms with Gasteiger partial charge in [0.1, 0.15) is 0 Å². The van der Waals surface area contributed by atoms with Crippen LogP contribution in [0.25, 0.3) is 0 Å². The SMILES string of the molecule is Cc1ccc(N2CCO[C@]3(CCC[C@H]3COCc3ccncc3)C2)nn1. The number of morpholine rings is 1. The van der Waals surface area contributed by atoms with Gasteiger partial charge in [-0.1, -0.05) is 6.42 Å². The second kappa shape index (κ2) is 7.68. The highest BCUT2D eigenvalue weighted by Crippen LogP contribution is 2.42. The minimum atomic E-state index is -0.122. The lowest BCUT2D eigenvalue weighted by molar-refractivity contribution is -0.100. The van der Waals surface area contributed by atoms with Crippen LogP contribution in [0.15, 0.2) is 36.7 Å². The van der Waals surface area contributed by atoms with Crippen molar-refractivity contribution >= 4 is 5.82 Å². The highest BCUT2D eigenvalue weighted by Gasteiger charge is 2.47. The zero-order chi connectivity index (χ0) is 17.8. The van der Waals surface area contributed by atoms with Crippen LogP contribution in [0, 0.1) is 12.8 Å². The largest absolute Gasteiger partial charge is 0.376 e. The van der Waals surface area contributed by atoms with Crippen LogP contribution in [0.5, 0.6) is 0 Å². The smallest absolute Gasteiger partial charge is 0.151 e. The Morgan fingerprint density at radius 1 is 1.23 bits per heavy atom. The molecule has 26 heavy (non-hydrogen) atoms. The van der Waals surface area contributed by atoms with E-state index in [4.69, 9.17) is 9.47 Å². The Kier molecular flexibility index (Phi) is 5.13. The van der Waals surface area contributed by atoms with Gasteiger partial charge in [-0.15, -0.1) is 5.10 Å². The molecule has 0 radical (unpaired) electrons. The third kappa shape index (κ3) is 3.71. The van der Waals surface area contributed by atoms with Gasteiger partial charge in [0.25, 0.3) is 0 Å². The first kappa shape index (κ1) is 17.4. The lowest BCUT2D eigenvalue weighted by atomic mass is 9.89. The monoisotopic (exact) mass is 354 g/mol. The zero-order valence-electron chi connectivity index (χ0n) is 15.3. The molecule has 2 fully saturated rings. The summed E-state index contributed by atoms with van der Waals surface area (Å²) in [7, 11) is 0. The molecule has 1 saturated carbocycles. The van der Waals surface area contributed by atoms with Gasteiger partial charge in [-0.2, -0.15) is 5.10 Å². The maximum atomic E-state index is 6.34. The van der Waals surface area contributed by atoms with Gasteiger partial charge in [-0.3, -0.25) is 4.98 Å². The summed E-state index contributed by atoms with van der Waals surface area (Å²) in [6, 6.07) is 8.08. The van der Waals surface area contributed by atoms with E-state index in [0.29, 0.717) is 12.5 Å². The second-order valence-corrected chi connectivity index (χ2v) is 7.33. The topological polar surface area (TPSA) is 60.4 Å². The lowest BCUT2D eigenvalue weighted by Crippen LogP contribution is -2.55. The van der Waals surface area contributed by atoms with E-state index in [1.54, 1.807) is 12.4 Å². The van der Waals surface area contributed by atoms with Gasteiger partial charge in [-0.25, -0.2) is 0 Å². The molecule has 0 N–H and O–H groups in total. The molecule has 0 bridgehead atoms. The number of nitrogens with zero attached hydrogens (tertiary/aromatic N) is 4. The summed E-state index contributed by atoms with van der Waals surface area (Å²) in [6.07, 6.45) is 7.05. The number of pyridine rings is 1. The van der Waals surface area contributed by atoms with Gasteiger partial charge in [0.05, 0.1) is 31.1 Å². The van der Waals surface area contributed by atoms with Gasteiger partial charge in [0.2, 0.25) is 0 Å². The molecule has 2 aromatic rings. The maximum absolute atomic E-state index is 6.34. The van der Waals surface area contributed by atoms with Crippen LogP contribution in [-0.2, 0) is 16.1 Å². The van der Waals surface area contributed by atoms with Crippen molar-refractivity contribution in [2.75, 3.05) is 31.2 Å². The van der Waals surface area contributed by atoms with Crippen molar-refractivity contribution in [3.63, 3.8) is 0 Å². The Morgan fingerprint density at radius 2 is 2.12 bits per heavy atom. The normalized spacial score (nSPS) is 25.7. The van der Waals surface area contributed by atoms with Crippen LogP contribution in [0.2, 0.25) is 0 Å². The fraction of sp³-hybridized carbons (Fsp3) is 0.550. The molecule has 0 unspecified atom stereocenters. The molecule has 3 heterocycles. The molecule has 0 amide bonds. The Balaban J connectivity index is 1.39. The Hall–Kier alpha value is -2.05. The van der Waals surface area contributed by atoms with Gasteiger partial charge in [0, 0.05) is 31.4 Å². The minimum Gasteiger partial charge on any atom is -0.376 e. The van der Waals surface area contributed by atoms with Crippen molar-refractivity contribution in [2.24, 2.45) is 5.92 Å². The molecule has 6 nitrogen and oxygen atoms in total. The van der Waals surface area contributed by atoms with E-state index in [-0.39, 0.29) is 5.60 Å². The summed E-state index contributed by atoms with van der Waals surface area (Å²) >= 11 is 0. The number of anilines is 1. The van der Waals surface area contributed by atoms with Crippen molar-refractivity contribution in [1.29, 1.82) is 0 Å². The third-order valence-corrected chi connectivity index (χ3v) is 5.55. The van der Waals surface area contributed by atoms with Crippen LogP contribution in [0.4, 0.5) is 5.82 Å². The van der Waals surface area contributed by atoms with Gasteiger partial charge < -0.3 is 14.4 Å². The van der Waals surface area contributed by atoms with E-state index in [0.717, 1.165) is 56.2 Å². The van der Waals surface area contributed by atoms with Crippen molar-refractivity contribution in [2.45, 2.75) is 38.4 Å². The van der Waals surface area contributed by atoms with Crippen molar-refractivity contribution in [3.8, 4) is 0 Å². The summed E-state index contributed by atoms with van der Waals surface area (Å²) in [5.41, 5.74) is 1.98. The first-order chi connectivity index (χ1) is 12.8. The van der Waals surface area contributed by atoms with E-state index >= 15 is 0 Å². The Morgan fingerprint density at radius 3 is 2.92 bits per heavy atom. The van der Waals surface area contributed by atoms with Gasteiger partial charge in [0.15, 0.2) is 5.82 Å². The van der Waals surface area contributed by atoms with Crippen LogP contribution in [0.3, 0.4) is 0 Å². The van der Waals surface area contributed by atoms with Crippen molar-refractivity contribution < 1.29 is 9.47 Å². The molecular formula is C20H26N4O2. The predicted molar refractivity (Wildman–Crippen MR) is 98.9 cm³/mol. The fourth-order valence-electron chi connectivity index (χ4n) is 4.11. The Bertz CT molecular complexity index is 710. The number of hydrogen-bond acceptors (Lipinski definition) is 6. The standard InChI is InChI=1S/C20H26N4O2/c1-16-4-5-19(23-22-16)24-11-12-26-20(15-24)8-2-3-18(20)14-25-13-17-6-9-21-10-7-17/h4-7,9-10,18H,2-3,8,11-15H2,1H3/t18-,20+/m0/s1. The quantitative estimate of drug-likeness (QED) is 0.823. The van der Waals surface area contributed by atoms with Crippen molar-refractivity contribution in [3.05, 3.63) is 47.9 Å². The number of aryl methyl sites for hydroxylation is 1. The van der Waals surface area contributed by atoms with Crippen LogP contribution in [-0.4, -0.2) is 47.1 Å². The van der Waals surface area contributed by atoms with E-state index in [2.05, 4.69) is 26.1 Å². The number of ether oxygens (including phenoxy) is 2. The summed E-state index contributed by atoms with van der Waals surface area (Å²) in [4.78, 5) is 6.37. The second-order valence-electron chi connectivity index (χ2n) is 7.33. The van der Waals surface area contributed by atoms with Crippen LogP contribution >= 0.6 is 0 Å². The summed E-state index contributed by atoms with van der Waals surface area (Å²) < 4.78 is 12.4. The number of aromatic nitrogens is 3. The predicted octanol–water partition coefficient (Wildman–Crippen LogP) is 2.77. The molecule has 1 saturated heterocycles. The summed E-state index contributed by atoms with van der Waals surface area (Å²) in [5, 5.41) is 8.58.